The molecule has 0 heterocycles. The molecule has 0 saturated heterocycles. The number of hydrogen-bond acceptors (Lipinski definition) is 9. The van der Waals surface area contributed by atoms with Gasteiger partial charge in [0, 0.05) is 25.8 Å². The van der Waals surface area contributed by atoms with E-state index in [9.17, 15) is 24.0 Å². The van der Waals surface area contributed by atoms with Gasteiger partial charge < -0.3 is 40.7 Å². The van der Waals surface area contributed by atoms with Crippen molar-refractivity contribution >= 4 is 35.7 Å². The van der Waals surface area contributed by atoms with Gasteiger partial charge >= 0.3 is 5.97 Å². The zero-order chi connectivity index (χ0) is 31.9. The first-order valence-electron chi connectivity index (χ1n) is 14.5. The third kappa shape index (κ3) is 19.2. The minimum absolute atomic E-state index is 0.00247. The first-order valence-corrected chi connectivity index (χ1v) is 14.5. The van der Waals surface area contributed by atoms with Crippen molar-refractivity contribution in [3.63, 3.8) is 0 Å². The number of carbonyl (C=O) groups excluding carboxylic acids is 4. The second-order valence-corrected chi connectivity index (χ2v) is 10.2. The summed E-state index contributed by atoms with van der Waals surface area (Å²) >= 11 is 0. The highest BCUT2D eigenvalue weighted by molar-refractivity contribution is 6.26. The number of carboxylic acid groups (broad SMARTS) is 1. The number of amides is 3. The van der Waals surface area contributed by atoms with Crippen molar-refractivity contribution in [2.45, 2.75) is 64.5 Å². The maximum atomic E-state index is 13.3. The van der Waals surface area contributed by atoms with Crippen LogP contribution in [0.3, 0.4) is 0 Å². The molecule has 0 fully saturated rings. The number of hydrogen-bond donors (Lipinski definition) is 5. The van der Waals surface area contributed by atoms with Crippen molar-refractivity contribution in [2.24, 2.45) is 5.92 Å². The summed E-state index contributed by atoms with van der Waals surface area (Å²) in [6.07, 6.45) is 1.57. The smallest absolute Gasteiger partial charge is 0.305 e. The van der Waals surface area contributed by atoms with Gasteiger partial charge in [-0.1, -0.05) is 44.2 Å². The molecule has 0 aliphatic rings. The van der Waals surface area contributed by atoms with E-state index in [2.05, 4.69) is 16.0 Å². The maximum Gasteiger partial charge on any atom is 0.305 e. The molecule has 0 aliphatic heterocycles. The van der Waals surface area contributed by atoms with Crippen LogP contribution in [0.1, 0.15) is 51.5 Å². The normalized spacial score (nSPS) is 12.3. The van der Waals surface area contributed by atoms with E-state index >= 15 is 0 Å². The number of aliphatic carboxylic acids is 1. The molecule has 1 aromatic carbocycles. The van der Waals surface area contributed by atoms with Crippen LogP contribution in [0.15, 0.2) is 30.3 Å². The summed E-state index contributed by atoms with van der Waals surface area (Å²) < 4.78 is 15.9. The Hall–Kier alpha value is -3.68. The monoisotopic (exact) mass is 606 g/mol. The van der Waals surface area contributed by atoms with Crippen molar-refractivity contribution in [3.8, 4) is 0 Å². The lowest BCUT2D eigenvalue weighted by Gasteiger charge is -2.23. The number of rotatable bonds is 25. The summed E-state index contributed by atoms with van der Waals surface area (Å²) in [5.41, 5.74) is 0.819. The van der Waals surface area contributed by atoms with Gasteiger partial charge in [0.1, 0.15) is 12.1 Å². The van der Waals surface area contributed by atoms with Gasteiger partial charge in [-0.25, -0.2) is 0 Å². The molecule has 0 saturated carbocycles. The predicted octanol–water partition coefficient (Wildman–Crippen LogP) is 1.27. The molecule has 13 nitrogen and oxygen atoms in total. The van der Waals surface area contributed by atoms with Crippen molar-refractivity contribution in [2.75, 3.05) is 46.2 Å². The molecule has 43 heavy (non-hydrogen) atoms. The maximum absolute atomic E-state index is 13.3. The van der Waals surface area contributed by atoms with E-state index in [1.165, 1.54) is 0 Å². The summed E-state index contributed by atoms with van der Waals surface area (Å²) in [5.74, 6) is -2.45. The predicted molar refractivity (Wildman–Crippen MR) is 159 cm³/mol. The number of carboxylic acids is 1. The van der Waals surface area contributed by atoms with E-state index in [-0.39, 0.29) is 71.0 Å². The number of carbonyl (C=O) groups is 5. The molecule has 0 aliphatic carbocycles. The summed E-state index contributed by atoms with van der Waals surface area (Å²) in [7, 11) is 0. The van der Waals surface area contributed by atoms with Crippen LogP contribution in [-0.2, 0) is 44.6 Å². The molecule has 1 rings (SSSR count). The van der Waals surface area contributed by atoms with Crippen molar-refractivity contribution < 1.29 is 43.3 Å². The van der Waals surface area contributed by atoms with Gasteiger partial charge in [0.25, 0.3) is 0 Å². The van der Waals surface area contributed by atoms with Crippen LogP contribution in [0.2, 0.25) is 0 Å². The van der Waals surface area contributed by atoms with Crippen LogP contribution in [0.25, 0.3) is 0 Å². The zero-order valence-corrected chi connectivity index (χ0v) is 25.1. The van der Waals surface area contributed by atoms with E-state index in [1.807, 2.05) is 44.2 Å². The van der Waals surface area contributed by atoms with Crippen molar-refractivity contribution in [3.05, 3.63) is 35.9 Å². The molecule has 0 unspecified atom stereocenters. The molecule has 0 aromatic heterocycles. The van der Waals surface area contributed by atoms with E-state index in [0.717, 1.165) is 5.56 Å². The number of Topliss-reactive ketones (excluding diaryl/α,β-unsaturated/α-hetero) is 1. The quantitative estimate of drug-likeness (QED) is 0.0805. The van der Waals surface area contributed by atoms with Gasteiger partial charge in [-0.05, 0) is 24.3 Å². The summed E-state index contributed by atoms with van der Waals surface area (Å²) in [4.78, 5) is 61.0. The Morgan fingerprint density at radius 1 is 0.791 bits per heavy atom. The van der Waals surface area contributed by atoms with Gasteiger partial charge in [0.05, 0.1) is 52.3 Å². The Bertz CT molecular complexity index is 1000. The second-order valence-electron chi connectivity index (χ2n) is 10.2. The average molecular weight is 607 g/mol. The minimum Gasteiger partial charge on any atom is -0.481 e. The Kier molecular flexibility index (Phi) is 19.9. The van der Waals surface area contributed by atoms with Crippen LogP contribution in [-0.4, -0.2) is 99.1 Å². The van der Waals surface area contributed by atoms with Crippen molar-refractivity contribution in [1.29, 1.82) is 5.41 Å². The summed E-state index contributed by atoms with van der Waals surface area (Å²) in [6, 6.07) is 7.17. The first-order chi connectivity index (χ1) is 20.6. The number of nitrogens with one attached hydrogen (secondary N) is 4. The number of ether oxygens (including phenoxy) is 3. The Labute approximate surface area is 252 Å². The molecule has 13 heteroatoms. The lowest BCUT2D eigenvalue weighted by atomic mass is 10.0. The molecule has 0 spiro atoms. The molecular weight excluding hydrogens is 560 g/mol. The molecule has 2 atom stereocenters. The minimum atomic E-state index is -1.04. The molecule has 3 amide bonds. The highest BCUT2D eigenvalue weighted by atomic mass is 16.5. The topological polar surface area (TPSA) is 193 Å². The van der Waals surface area contributed by atoms with Gasteiger partial charge in [0.2, 0.25) is 17.7 Å². The molecule has 1 aromatic rings. The van der Waals surface area contributed by atoms with E-state index < -0.39 is 35.7 Å². The van der Waals surface area contributed by atoms with Gasteiger partial charge in [0.15, 0.2) is 5.78 Å². The fourth-order valence-electron chi connectivity index (χ4n) is 3.72. The zero-order valence-electron chi connectivity index (χ0n) is 25.1. The lowest BCUT2D eigenvalue weighted by Crippen LogP contribution is -2.54. The SMILES string of the molecule is CC(C)CCC(=O)N[C@@H](CCC(=O)C=N)C(=O)N[C@@H](Cc1ccccc1)C(=O)NCCOCCOCCOCCC(=O)O. The summed E-state index contributed by atoms with van der Waals surface area (Å²) in [5, 5.41) is 23.8. The highest BCUT2D eigenvalue weighted by Gasteiger charge is 2.27. The number of ketones is 1. The molecule has 0 bridgehead atoms. The standard InChI is InChI=1S/C30H46N4O9/c1-22(2)8-11-27(36)33-25(10-9-24(35)21-31)30(40)34-26(20-23-6-4-3-5-7-23)29(39)32-13-15-42-17-19-43-18-16-41-14-12-28(37)38/h3-7,21-22,25-26,31H,8-20H2,1-2H3,(H,32,39)(H,33,36)(H,34,40)(H,37,38)/t25-,26-/m0/s1. The lowest BCUT2D eigenvalue weighted by molar-refractivity contribution is -0.138. The van der Waals surface area contributed by atoms with E-state index in [4.69, 9.17) is 24.7 Å². The Morgan fingerprint density at radius 3 is 2.02 bits per heavy atom. The van der Waals surface area contributed by atoms with Crippen LogP contribution in [0.4, 0.5) is 0 Å². The first kappa shape index (κ1) is 37.3. The third-order valence-corrected chi connectivity index (χ3v) is 6.11. The third-order valence-electron chi connectivity index (χ3n) is 6.11. The molecule has 5 N–H and O–H groups in total. The van der Waals surface area contributed by atoms with Crippen LogP contribution in [0, 0.1) is 11.3 Å². The van der Waals surface area contributed by atoms with Crippen LogP contribution < -0.4 is 16.0 Å². The highest BCUT2D eigenvalue weighted by Crippen LogP contribution is 2.08. The number of benzene rings is 1. The van der Waals surface area contributed by atoms with E-state index in [0.29, 0.717) is 31.8 Å². The van der Waals surface area contributed by atoms with Crippen LogP contribution in [0.5, 0.6) is 0 Å². The molecule has 240 valence electrons. The molecular formula is C30H46N4O9. The Morgan fingerprint density at radius 2 is 1.42 bits per heavy atom. The fraction of sp³-hybridized carbons (Fsp3) is 0.600. The van der Waals surface area contributed by atoms with Crippen molar-refractivity contribution in [1.82, 2.24) is 16.0 Å². The second kappa shape index (κ2) is 22.9. The fourth-order valence-corrected chi connectivity index (χ4v) is 3.72. The average Bonchev–Trinajstić information content (AvgIpc) is 2.98. The largest absolute Gasteiger partial charge is 0.481 e. The Balaban J connectivity index is 2.64. The molecule has 0 radical (unpaired) electrons. The van der Waals surface area contributed by atoms with Gasteiger partial charge in [-0.15, -0.1) is 0 Å². The summed E-state index contributed by atoms with van der Waals surface area (Å²) in [6.45, 7) is 5.63. The van der Waals surface area contributed by atoms with Gasteiger partial charge in [-0.2, -0.15) is 0 Å². The van der Waals surface area contributed by atoms with Gasteiger partial charge in [-0.3, -0.25) is 24.0 Å². The van der Waals surface area contributed by atoms with Crippen LogP contribution >= 0.6 is 0 Å². The van der Waals surface area contributed by atoms with E-state index in [1.54, 1.807) is 0 Å².